The average Bonchev–Trinajstić information content (AvgIpc) is 2.07. The third kappa shape index (κ3) is 3.12. The van der Waals surface area contributed by atoms with Gasteiger partial charge in [-0.05, 0) is 13.8 Å². The summed E-state index contributed by atoms with van der Waals surface area (Å²) in [5.41, 5.74) is 0.616. The molecule has 1 heterocycles. The van der Waals surface area contributed by atoms with Gasteiger partial charge in [-0.2, -0.15) is 0 Å². The number of halogens is 1. The smallest absolute Gasteiger partial charge is 0.243 e. The van der Waals surface area contributed by atoms with Crippen molar-refractivity contribution in [1.82, 2.24) is 15.2 Å². The maximum absolute atomic E-state index is 8.97. The summed E-state index contributed by atoms with van der Waals surface area (Å²) in [7, 11) is 0. The topological polar surface area (TPSA) is 70.9 Å². The van der Waals surface area contributed by atoms with Gasteiger partial charge in [0.15, 0.2) is 5.15 Å². The Morgan fingerprint density at radius 3 is 2.77 bits per heavy atom. The fourth-order valence-electron chi connectivity index (χ4n) is 0.705. The zero-order valence-electron chi connectivity index (χ0n) is 7.45. The van der Waals surface area contributed by atoms with Crippen molar-refractivity contribution < 1.29 is 5.11 Å². The van der Waals surface area contributed by atoms with Gasteiger partial charge >= 0.3 is 0 Å². The lowest BCUT2D eigenvalue weighted by molar-refractivity contribution is 0.208. The maximum atomic E-state index is 8.97. The molecule has 0 bridgehead atoms. The summed E-state index contributed by atoms with van der Waals surface area (Å²) < 4.78 is 0. The largest absolute Gasteiger partial charge is 0.392 e. The highest BCUT2D eigenvalue weighted by atomic mass is 35.5. The van der Waals surface area contributed by atoms with Crippen LogP contribution in [0.2, 0.25) is 5.15 Å². The zero-order chi connectivity index (χ0) is 9.84. The third-order valence-electron chi connectivity index (χ3n) is 1.36. The summed E-state index contributed by atoms with van der Waals surface area (Å²) in [6.07, 6.45) is -0.445. The molecule has 1 aromatic heterocycles. The molecule has 13 heavy (non-hydrogen) atoms. The number of rotatable bonds is 3. The van der Waals surface area contributed by atoms with E-state index in [-0.39, 0.29) is 0 Å². The van der Waals surface area contributed by atoms with Gasteiger partial charge in [0.2, 0.25) is 5.95 Å². The molecule has 0 fully saturated rings. The molecule has 0 aromatic carbocycles. The lowest BCUT2D eigenvalue weighted by atomic mass is 10.4. The molecule has 1 aromatic rings. The molecule has 2 N–H and O–H groups in total. The second-order valence-corrected chi connectivity index (χ2v) is 3.10. The molecule has 0 saturated heterocycles. The van der Waals surface area contributed by atoms with Crippen LogP contribution in [0.15, 0.2) is 0 Å². The SMILES string of the molecule is Cc1nc(NC[C@@H](C)O)nnc1Cl. The Balaban J connectivity index is 2.63. The molecule has 5 nitrogen and oxygen atoms in total. The van der Waals surface area contributed by atoms with Gasteiger partial charge in [-0.3, -0.25) is 0 Å². The number of hydrogen-bond donors (Lipinski definition) is 2. The molecule has 0 aliphatic carbocycles. The number of aliphatic hydroxyl groups is 1. The van der Waals surface area contributed by atoms with Crippen LogP contribution in [0.1, 0.15) is 12.6 Å². The van der Waals surface area contributed by atoms with Crippen LogP contribution in [-0.4, -0.2) is 32.9 Å². The lowest BCUT2D eigenvalue weighted by Crippen LogP contribution is -2.17. The molecule has 0 spiro atoms. The van der Waals surface area contributed by atoms with Crippen molar-refractivity contribution in [3.8, 4) is 0 Å². The van der Waals surface area contributed by atoms with Crippen LogP contribution in [-0.2, 0) is 0 Å². The minimum Gasteiger partial charge on any atom is -0.392 e. The number of aliphatic hydroxyl groups excluding tert-OH is 1. The molecule has 72 valence electrons. The highest BCUT2D eigenvalue weighted by Crippen LogP contribution is 2.08. The number of anilines is 1. The van der Waals surface area contributed by atoms with E-state index in [1.165, 1.54) is 0 Å². The predicted molar refractivity (Wildman–Crippen MR) is 49.7 cm³/mol. The molecule has 0 aliphatic heterocycles. The van der Waals surface area contributed by atoms with Crippen LogP contribution in [0.25, 0.3) is 0 Å². The van der Waals surface area contributed by atoms with Gasteiger partial charge in [0.05, 0.1) is 11.8 Å². The van der Waals surface area contributed by atoms with Crippen molar-refractivity contribution in [1.29, 1.82) is 0 Å². The van der Waals surface area contributed by atoms with Crippen LogP contribution < -0.4 is 5.32 Å². The Morgan fingerprint density at radius 1 is 1.54 bits per heavy atom. The molecule has 0 saturated carbocycles. The van der Waals surface area contributed by atoms with E-state index in [2.05, 4.69) is 20.5 Å². The van der Waals surface area contributed by atoms with Crippen molar-refractivity contribution in [3.05, 3.63) is 10.8 Å². The molecule has 0 aliphatic rings. The fourth-order valence-corrected chi connectivity index (χ4v) is 0.785. The van der Waals surface area contributed by atoms with E-state index in [0.29, 0.717) is 23.3 Å². The van der Waals surface area contributed by atoms with E-state index < -0.39 is 6.10 Å². The molecular formula is C7H11ClN4O. The highest BCUT2D eigenvalue weighted by Gasteiger charge is 2.02. The zero-order valence-corrected chi connectivity index (χ0v) is 8.21. The summed E-state index contributed by atoms with van der Waals surface area (Å²) in [5.74, 6) is 0.378. The summed E-state index contributed by atoms with van der Waals surface area (Å²) >= 11 is 5.63. The fraction of sp³-hybridized carbons (Fsp3) is 0.571. The monoisotopic (exact) mass is 202 g/mol. The number of nitrogens with zero attached hydrogens (tertiary/aromatic N) is 3. The van der Waals surface area contributed by atoms with E-state index in [0.717, 1.165) is 0 Å². The summed E-state index contributed by atoms with van der Waals surface area (Å²) in [6.45, 7) is 3.80. The van der Waals surface area contributed by atoms with E-state index in [4.69, 9.17) is 16.7 Å². The van der Waals surface area contributed by atoms with E-state index in [9.17, 15) is 0 Å². The molecule has 0 unspecified atom stereocenters. The second-order valence-electron chi connectivity index (χ2n) is 2.74. The first-order valence-electron chi connectivity index (χ1n) is 3.88. The van der Waals surface area contributed by atoms with Crippen molar-refractivity contribution in [3.63, 3.8) is 0 Å². The highest BCUT2D eigenvalue weighted by molar-refractivity contribution is 6.29. The van der Waals surface area contributed by atoms with Crippen molar-refractivity contribution in [2.24, 2.45) is 0 Å². The quantitative estimate of drug-likeness (QED) is 0.752. The number of aryl methyl sites for hydroxylation is 1. The first-order valence-corrected chi connectivity index (χ1v) is 4.26. The standard InChI is InChI=1S/C7H11ClN4O/c1-4(13)3-9-7-10-5(2)6(8)11-12-7/h4,13H,3H2,1-2H3,(H,9,10,12)/t4-/m1/s1. The molecule has 0 amide bonds. The van der Waals surface area contributed by atoms with Crippen LogP contribution >= 0.6 is 11.6 Å². The molecule has 6 heteroatoms. The molecule has 1 atom stereocenters. The van der Waals surface area contributed by atoms with Gasteiger partial charge < -0.3 is 10.4 Å². The van der Waals surface area contributed by atoms with Gasteiger partial charge in [0.1, 0.15) is 0 Å². The first-order chi connectivity index (χ1) is 6.09. The average molecular weight is 203 g/mol. The lowest BCUT2D eigenvalue weighted by Gasteiger charge is -2.06. The van der Waals surface area contributed by atoms with Crippen LogP contribution in [0.4, 0.5) is 5.95 Å². The molecule has 0 radical (unpaired) electrons. The molecule has 1 rings (SSSR count). The van der Waals surface area contributed by atoms with Crippen LogP contribution in [0.5, 0.6) is 0 Å². The van der Waals surface area contributed by atoms with Crippen LogP contribution in [0.3, 0.4) is 0 Å². The van der Waals surface area contributed by atoms with Gasteiger partial charge in [0, 0.05) is 6.54 Å². The molecular weight excluding hydrogens is 192 g/mol. The van der Waals surface area contributed by atoms with E-state index in [1.807, 2.05) is 0 Å². The summed E-state index contributed by atoms with van der Waals surface area (Å²) in [6, 6.07) is 0. The number of nitrogens with one attached hydrogen (secondary N) is 1. The third-order valence-corrected chi connectivity index (χ3v) is 1.71. The van der Waals surface area contributed by atoms with Crippen LogP contribution in [0, 0.1) is 6.92 Å². The summed E-state index contributed by atoms with van der Waals surface area (Å²) in [4.78, 5) is 4.02. The van der Waals surface area contributed by atoms with Gasteiger partial charge in [0.25, 0.3) is 0 Å². The Labute approximate surface area is 81.2 Å². The number of hydrogen-bond acceptors (Lipinski definition) is 5. The Morgan fingerprint density at radius 2 is 2.23 bits per heavy atom. The van der Waals surface area contributed by atoms with Gasteiger partial charge in [-0.15, -0.1) is 10.2 Å². The van der Waals surface area contributed by atoms with Gasteiger partial charge in [-0.1, -0.05) is 11.6 Å². The van der Waals surface area contributed by atoms with Gasteiger partial charge in [-0.25, -0.2) is 4.98 Å². The van der Waals surface area contributed by atoms with Crippen molar-refractivity contribution in [2.45, 2.75) is 20.0 Å². The maximum Gasteiger partial charge on any atom is 0.243 e. The minimum absolute atomic E-state index is 0.294. The summed E-state index contributed by atoms with van der Waals surface area (Å²) in [5, 5.41) is 19.4. The van der Waals surface area contributed by atoms with E-state index in [1.54, 1.807) is 13.8 Å². The first kappa shape index (κ1) is 10.1. The Kier molecular flexibility index (Phi) is 3.39. The number of aromatic nitrogens is 3. The normalized spacial score (nSPS) is 12.6. The predicted octanol–water partition coefficient (Wildman–Crippen LogP) is 0.626. The Hall–Kier alpha value is -0.940. The van der Waals surface area contributed by atoms with Crippen molar-refractivity contribution in [2.75, 3.05) is 11.9 Å². The van der Waals surface area contributed by atoms with E-state index >= 15 is 0 Å². The second kappa shape index (κ2) is 4.34. The minimum atomic E-state index is -0.445. The Bertz CT molecular complexity index is 292. The van der Waals surface area contributed by atoms with Crippen molar-refractivity contribution >= 4 is 17.5 Å².